The predicted octanol–water partition coefficient (Wildman–Crippen LogP) is 3.15. The van der Waals surface area contributed by atoms with Crippen molar-refractivity contribution in [3.63, 3.8) is 0 Å². The molecule has 0 aliphatic heterocycles. The van der Waals surface area contributed by atoms with E-state index in [1.807, 2.05) is 0 Å². The molecule has 0 aliphatic carbocycles. The summed E-state index contributed by atoms with van der Waals surface area (Å²) in [4.78, 5) is 25.3. The smallest absolute Gasteiger partial charge is 0.254 e. The van der Waals surface area contributed by atoms with Crippen LogP contribution >= 0.6 is 46.4 Å². The van der Waals surface area contributed by atoms with Gasteiger partial charge in [0.1, 0.15) is 5.15 Å². The number of carbonyl (C=O) groups excluding carboxylic acids is 2. The minimum Gasteiger partial charge on any atom is -0.276 e. The van der Waals surface area contributed by atoms with Crippen molar-refractivity contribution in [1.82, 2.24) is 4.98 Å². The van der Waals surface area contributed by atoms with Crippen molar-refractivity contribution >= 4 is 56.9 Å². The van der Waals surface area contributed by atoms with Crippen molar-refractivity contribution in [3.05, 3.63) is 27.5 Å². The van der Waals surface area contributed by atoms with Gasteiger partial charge in [-0.05, 0) is 23.2 Å². The first-order valence-corrected chi connectivity index (χ1v) is 4.70. The van der Waals surface area contributed by atoms with Crippen LogP contribution in [0.2, 0.25) is 10.2 Å². The van der Waals surface area contributed by atoms with Crippen molar-refractivity contribution in [3.8, 4) is 0 Å². The van der Waals surface area contributed by atoms with Crippen LogP contribution in [-0.2, 0) is 0 Å². The van der Waals surface area contributed by atoms with Crippen LogP contribution in [0.5, 0.6) is 0 Å². The first-order valence-electron chi connectivity index (χ1n) is 3.18. The summed E-state index contributed by atoms with van der Waals surface area (Å²) < 4.78 is 0. The Balaban J connectivity index is 3.53. The molecule has 0 spiro atoms. The van der Waals surface area contributed by atoms with Crippen LogP contribution in [0.25, 0.3) is 0 Å². The molecule has 0 atom stereocenters. The van der Waals surface area contributed by atoms with Crippen LogP contribution in [0.4, 0.5) is 0 Å². The molecule has 1 rings (SSSR count). The maximum absolute atomic E-state index is 10.9. The van der Waals surface area contributed by atoms with Crippen LogP contribution in [-0.4, -0.2) is 15.5 Å². The normalized spacial score (nSPS) is 10.0. The van der Waals surface area contributed by atoms with Gasteiger partial charge in [-0.2, -0.15) is 0 Å². The highest BCUT2D eigenvalue weighted by Gasteiger charge is 2.20. The lowest BCUT2D eigenvalue weighted by Crippen LogP contribution is -2.03. The molecule has 0 bridgehead atoms. The number of halogens is 4. The molecule has 0 amide bonds. The van der Waals surface area contributed by atoms with Gasteiger partial charge < -0.3 is 0 Å². The minimum atomic E-state index is -0.914. The van der Waals surface area contributed by atoms with Crippen LogP contribution in [0, 0.1) is 0 Å². The number of hydrogen-bond donors (Lipinski definition) is 0. The molecule has 1 heterocycles. The van der Waals surface area contributed by atoms with Crippen molar-refractivity contribution in [1.29, 1.82) is 0 Å². The summed E-state index contributed by atoms with van der Waals surface area (Å²) >= 11 is 21.5. The van der Waals surface area contributed by atoms with Gasteiger partial charge in [0.25, 0.3) is 10.5 Å². The third-order valence-electron chi connectivity index (χ3n) is 1.39. The molecule has 74 valence electrons. The Kier molecular flexibility index (Phi) is 3.72. The molecule has 0 N–H and O–H groups in total. The SMILES string of the molecule is O=C(Cl)c1cnc(Cl)c(Cl)c1C(=O)Cl. The Bertz CT molecular complexity index is 418. The average molecular weight is 273 g/mol. The van der Waals surface area contributed by atoms with Crippen molar-refractivity contribution in [2.75, 3.05) is 0 Å². The Hall–Kier alpha value is -0.350. The van der Waals surface area contributed by atoms with Gasteiger partial charge in [-0.3, -0.25) is 9.59 Å². The number of hydrogen-bond acceptors (Lipinski definition) is 3. The van der Waals surface area contributed by atoms with E-state index in [0.29, 0.717) is 0 Å². The monoisotopic (exact) mass is 271 g/mol. The summed E-state index contributed by atoms with van der Waals surface area (Å²) in [5.74, 6) is 0. The summed E-state index contributed by atoms with van der Waals surface area (Å²) in [6.07, 6.45) is 1.04. The Morgan fingerprint density at radius 2 is 1.71 bits per heavy atom. The fourth-order valence-electron chi connectivity index (χ4n) is 0.805. The molecule has 0 saturated heterocycles. The second-order valence-corrected chi connectivity index (χ2v) is 3.62. The number of carbonyl (C=O) groups is 2. The topological polar surface area (TPSA) is 47.0 Å². The Labute approximate surface area is 98.9 Å². The lowest BCUT2D eigenvalue weighted by Gasteiger charge is -2.03. The fraction of sp³-hybridized carbons (Fsp3) is 0. The molecular weight excluding hydrogens is 272 g/mol. The standard InChI is InChI=1S/C7HCl4NO2/c8-4-3(7(11)14)2(6(10)13)1-12-5(4)9/h1H. The Morgan fingerprint density at radius 3 is 2.14 bits per heavy atom. The van der Waals surface area contributed by atoms with Gasteiger partial charge >= 0.3 is 0 Å². The number of nitrogens with zero attached hydrogens (tertiary/aromatic N) is 1. The number of rotatable bonds is 2. The molecule has 1 aromatic rings. The number of aromatic nitrogens is 1. The molecule has 0 saturated carbocycles. The highest BCUT2D eigenvalue weighted by Crippen LogP contribution is 2.28. The molecular formula is C7HCl4NO2. The van der Waals surface area contributed by atoms with Crippen molar-refractivity contribution in [2.24, 2.45) is 0 Å². The van der Waals surface area contributed by atoms with Crippen LogP contribution in [0.3, 0.4) is 0 Å². The zero-order chi connectivity index (χ0) is 10.9. The van der Waals surface area contributed by atoms with E-state index >= 15 is 0 Å². The zero-order valence-corrected chi connectivity index (χ0v) is 9.38. The first-order chi connectivity index (χ1) is 6.45. The lowest BCUT2D eigenvalue weighted by molar-refractivity contribution is 0.105. The molecule has 0 aliphatic rings. The minimum absolute atomic E-state index is 0.114. The van der Waals surface area contributed by atoms with E-state index in [0.717, 1.165) is 6.20 Å². The van der Waals surface area contributed by atoms with E-state index in [9.17, 15) is 9.59 Å². The van der Waals surface area contributed by atoms with Gasteiger partial charge in [0.2, 0.25) is 0 Å². The summed E-state index contributed by atoms with van der Waals surface area (Å²) in [5, 5.41) is -2.08. The molecule has 0 radical (unpaired) electrons. The quantitative estimate of drug-likeness (QED) is 0.614. The third kappa shape index (κ3) is 2.17. The molecule has 0 unspecified atom stereocenters. The molecule has 0 fully saturated rings. The van der Waals surface area contributed by atoms with E-state index in [4.69, 9.17) is 46.4 Å². The second-order valence-electron chi connectivity index (χ2n) is 2.20. The summed E-state index contributed by atoms with van der Waals surface area (Å²) in [6, 6.07) is 0. The molecule has 1 aromatic heterocycles. The summed E-state index contributed by atoms with van der Waals surface area (Å²) in [6.45, 7) is 0. The van der Waals surface area contributed by atoms with Gasteiger partial charge in [0, 0.05) is 6.20 Å². The summed E-state index contributed by atoms with van der Waals surface area (Å²) in [7, 11) is 0. The van der Waals surface area contributed by atoms with Crippen LogP contribution in [0.15, 0.2) is 6.20 Å². The third-order valence-corrected chi connectivity index (χ3v) is 2.53. The zero-order valence-electron chi connectivity index (χ0n) is 6.35. The van der Waals surface area contributed by atoms with E-state index < -0.39 is 10.5 Å². The predicted molar refractivity (Wildman–Crippen MR) is 54.6 cm³/mol. The van der Waals surface area contributed by atoms with E-state index in [1.54, 1.807) is 0 Å². The van der Waals surface area contributed by atoms with Crippen molar-refractivity contribution in [2.45, 2.75) is 0 Å². The van der Waals surface area contributed by atoms with Crippen molar-refractivity contribution < 1.29 is 9.59 Å². The van der Waals surface area contributed by atoms with Crippen LogP contribution in [0.1, 0.15) is 20.7 Å². The van der Waals surface area contributed by atoms with Crippen LogP contribution < -0.4 is 0 Å². The van der Waals surface area contributed by atoms with E-state index in [2.05, 4.69) is 4.98 Å². The maximum atomic E-state index is 10.9. The van der Waals surface area contributed by atoms with E-state index in [1.165, 1.54) is 0 Å². The lowest BCUT2D eigenvalue weighted by atomic mass is 10.2. The fourth-order valence-corrected chi connectivity index (χ4v) is 1.57. The number of pyridine rings is 1. The molecule has 3 nitrogen and oxygen atoms in total. The average Bonchev–Trinajstić information content (AvgIpc) is 2.08. The maximum Gasteiger partial charge on any atom is 0.254 e. The molecule has 0 aromatic carbocycles. The Morgan fingerprint density at radius 1 is 1.14 bits per heavy atom. The van der Waals surface area contributed by atoms with E-state index in [-0.39, 0.29) is 21.3 Å². The first kappa shape index (κ1) is 11.7. The van der Waals surface area contributed by atoms with Gasteiger partial charge in [0.15, 0.2) is 0 Å². The highest BCUT2D eigenvalue weighted by molar-refractivity contribution is 6.73. The van der Waals surface area contributed by atoms with Gasteiger partial charge in [0.05, 0.1) is 16.1 Å². The largest absolute Gasteiger partial charge is 0.276 e. The molecule has 7 heteroatoms. The summed E-state index contributed by atoms with van der Waals surface area (Å²) in [5.41, 5.74) is -0.394. The van der Waals surface area contributed by atoms with Gasteiger partial charge in [-0.15, -0.1) is 0 Å². The second kappa shape index (κ2) is 4.45. The van der Waals surface area contributed by atoms with Gasteiger partial charge in [-0.25, -0.2) is 4.98 Å². The van der Waals surface area contributed by atoms with Gasteiger partial charge in [-0.1, -0.05) is 23.2 Å². The molecule has 14 heavy (non-hydrogen) atoms. The highest BCUT2D eigenvalue weighted by atomic mass is 35.5.